The van der Waals surface area contributed by atoms with Crippen LogP contribution < -0.4 is 15.8 Å². The molecular formula is C15H14F2N2O2. The van der Waals surface area contributed by atoms with Crippen molar-refractivity contribution in [3.63, 3.8) is 0 Å². The van der Waals surface area contributed by atoms with E-state index in [4.69, 9.17) is 10.5 Å². The lowest BCUT2D eigenvalue weighted by atomic mass is 10.2. The summed E-state index contributed by atoms with van der Waals surface area (Å²) < 4.78 is 31.1. The van der Waals surface area contributed by atoms with Crippen LogP contribution in [0.4, 0.5) is 20.2 Å². The molecule has 4 nitrogen and oxygen atoms in total. The minimum atomic E-state index is -0.800. The van der Waals surface area contributed by atoms with E-state index in [1.165, 1.54) is 6.07 Å². The summed E-state index contributed by atoms with van der Waals surface area (Å²) in [6.45, 7) is -0.0172. The average molecular weight is 292 g/mol. The van der Waals surface area contributed by atoms with Crippen LogP contribution in [-0.4, -0.2) is 12.5 Å². The zero-order chi connectivity index (χ0) is 15.2. The summed E-state index contributed by atoms with van der Waals surface area (Å²) in [5, 5.41) is 2.64. The second-order valence-corrected chi connectivity index (χ2v) is 4.35. The Hall–Kier alpha value is -2.63. The molecule has 110 valence electrons. The number of nitrogen functional groups attached to an aromatic ring is 1. The summed E-state index contributed by atoms with van der Waals surface area (Å²) in [6, 6.07) is 9.74. The number of carbonyl (C=O) groups is 1. The van der Waals surface area contributed by atoms with E-state index >= 15 is 0 Å². The van der Waals surface area contributed by atoms with E-state index in [9.17, 15) is 13.6 Å². The van der Waals surface area contributed by atoms with Gasteiger partial charge in [0.15, 0.2) is 11.6 Å². The summed E-state index contributed by atoms with van der Waals surface area (Å²) in [5.41, 5.74) is 6.71. The first kappa shape index (κ1) is 14.8. The van der Waals surface area contributed by atoms with Gasteiger partial charge in [-0.15, -0.1) is 0 Å². The molecule has 0 aliphatic carbocycles. The molecule has 0 radical (unpaired) electrons. The van der Waals surface area contributed by atoms with Crippen LogP contribution in [0.5, 0.6) is 5.75 Å². The maximum Gasteiger partial charge on any atom is 0.227 e. The lowest BCUT2D eigenvalue weighted by molar-refractivity contribution is -0.116. The summed E-state index contributed by atoms with van der Waals surface area (Å²) >= 11 is 0. The number of rotatable bonds is 5. The van der Waals surface area contributed by atoms with Gasteiger partial charge in [0.2, 0.25) is 5.91 Å². The maximum atomic E-state index is 13.3. The Bertz CT molecular complexity index is 647. The van der Waals surface area contributed by atoms with Gasteiger partial charge in [-0.05, 0) is 30.3 Å². The Labute approximate surface area is 120 Å². The van der Waals surface area contributed by atoms with E-state index in [0.29, 0.717) is 11.4 Å². The monoisotopic (exact) mass is 292 g/mol. The number of nitrogens with one attached hydrogen (secondary N) is 1. The SMILES string of the molecule is Nc1cccc(NC(=O)CCOc2ccc(F)cc2F)c1. The zero-order valence-corrected chi connectivity index (χ0v) is 11.1. The maximum absolute atomic E-state index is 13.3. The average Bonchev–Trinajstić information content (AvgIpc) is 2.41. The number of carbonyl (C=O) groups excluding carboxylic acids is 1. The van der Waals surface area contributed by atoms with Crippen molar-refractivity contribution in [2.24, 2.45) is 0 Å². The van der Waals surface area contributed by atoms with E-state index in [2.05, 4.69) is 5.32 Å². The van der Waals surface area contributed by atoms with Crippen molar-refractivity contribution in [3.8, 4) is 5.75 Å². The first-order valence-corrected chi connectivity index (χ1v) is 6.28. The van der Waals surface area contributed by atoms with Crippen molar-refractivity contribution in [1.82, 2.24) is 0 Å². The molecular weight excluding hydrogens is 278 g/mol. The zero-order valence-electron chi connectivity index (χ0n) is 11.1. The van der Waals surface area contributed by atoms with Gasteiger partial charge in [0.25, 0.3) is 0 Å². The van der Waals surface area contributed by atoms with Gasteiger partial charge in [-0.1, -0.05) is 6.07 Å². The topological polar surface area (TPSA) is 64.3 Å². The van der Waals surface area contributed by atoms with Gasteiger partial charge in [0, 0.05) is 17.4 Å². The standard InChI is InChI=1S/C15H14F2N2O2/c16-10-4-5-14(13(17)8-10)21-7-6-15(20)19-12-3-1-2-11(18)9-12/h1-5,8-9H,6-7,18H2,(H,19,20). The first-order chi connectivity index (χ1) is 10.0. The normalized spacial score (nSPS) is 10.2. The fourth-order valence-electron chi connectivity index (χ4n) is 1.69. The van der Waals surface area contributed by atoms with Crippen LogP contribution >= 0.6 is 0 Å². The highest BCUT2D eigenvalue weighted by Gasteiger charge is 2.07. The Kier molecular flexibility index (Phi) is 4.71. The molecule has 0 aromatic heterocycles. The molecule has 6 heteroatoms. The predicted octanol–water partition coefficient (Wildman–Crippen LogP) is 2.95. The van der Waals surface area contributed by atoms with E-state index in [-0.39, 0.29) is 24.7 Å². The second kappa shape index (κ2) is 6.69. The largest absolute Gasteiger partial charge is 0.490 e. The number of anilines is 2. The molecule has 0 aliphatic heterocycles. The molecule has 0 bridgehead atoms. The lowest BCUT2D eigenvalue weighted by Gasteiger charge is -2.08. The highest BCUT2D eigenvalue weighted by Crippen LogP contribution is 2.18. The number of ether oxygens (including phenoxy) is 1. The molecule has 2 aromatic rings. The highest BCUT2D eigenvalue weighted by molar-refractivity contribution is 5.91. The number of nitrogens with two attached hydrogens (primary N) is 1. The van der Waals surface area contributed by atoms with Crippen molar-refractivity contribution in [3.05, 3.63) is 54.1 Å². The van der Waals surface area contributed by atoms with Gasteiger partial charge in [0.1, 0.15) is 5.82 Å². The molecule has 0 fully saturated rings. The fraction of sp³-hybridized carbons (Fsp3) is 0.133. The molecule has 1 amide bonds. The van der Waals surface area contributed by atoms with Crippen LogP contribution in [0.25, 0.3) is 0 Å². The number of hydrogen-bond acceptors (Lipinski definition) is 3. The summed E-state index contributed by atoms with van der Waals surface area (Å²) in [5.74, 6) is -1.86. The highest BCUT2D eigenvalue weighted by atomic mass is 19.1. The van der Waals surface area contributed by atoms with E-state index in [1.807, 2.05) is 0 Å². The van der Waals surface area contributed by atoms with E-state index in [1.54, 1.807) is 24.3 Å². The van der Waals surface area contributed by atoms with Crippen LogP contribution in [0.15, 0.2) is 42.5 Å². The van der Waals surface area contributed by atoms with Crippen molar-refractivity contribution in [1.29, 1.82) is 0 Å². The van der Waals surface area contributed by atoms with E-state index < -0.39 is 11.6 Å². The molecule has 0 unspecified atom stereocenters. The minimum absolute atomic E-state index is 0.0172. The van der Waals surface area contributed by atoms with Gasteiger partial charge in [-0.25, -0.2) is 8.78 Å². The van der Waals surface area contributed by atoms with Gasteiger partial charge >= 0.3 is 0 Å². The first-order valence-electron chi connectivity index (χ1n) is 6.28. The van der Waals surface area contributed by atoms with Crippen LogP contribution in [0.1, 0.15) is 6.42 Å². The molecule has 0 spiro atoms. The van der Waals surface area contributed by atoms with Crippen LogP contribution in [0.2, 0.25) is 0 Å². The van der Waals surface area contributed by atoms with Crippen LogP contribution in [0.3, 0.4) is 0 Å². The molecule has 0 atom stereocenters. The van der Waals surface area contributed by atoms with Crippen LogP contribution in [0, 0.1) is 11.6 Å². The molecule has 21 heavy (non-hydrogen) atoms. The molecule has 2 rings (SSSR count). The lowest BCUT2D eigenvalue weighted by Crippen LogP contribution is -2.15. The Morgan fingerprint density at radius 1 is 1.19 bits per heavy atom. The van der Waals surface area contributed by atoms with Gasteiger partial charge in [-0.2, -0.15) is 0 Å². The fourth-order valence-corrected chi connectivity index (χ4v) is 1.69. The second-order valence-electron chi connectivity index (χ2n) is 4.35. The van der Waals surface area contributed by atoms with Crippen molar-refractivity contribution in [2.75, 3.05) is 17.7 Å². The molecule has 0 saturated carbocycles. The third-order valence-electron chi connectivity index (χ3n) is 2.65. The van der Waals surface area contributed by atoms with Gasteiger partial charge in [-0.3, -0.25) is 4.79 Å². The van der Waals surface area contributed by atoms with Gasteiger partial charge in [0.05, 0.1) is 13.0 Å². The molecule has 0 saturated heterocycles. The van der Waals surface area contributed by atoms with E-state index in [0.717, 1.165) is 12.1 Å². The number of halogens is 2. The number of amides is 1. The van der Waals surface area contributed by atoms with Gasteiger partial charge < -0.3 is 15.8 Å². The Morgan fingerprint density at radius 3 is 2.71 bits per heavy atom. The smallest absolute Gasteiger partial charge is 0.227 e. The molecule has 3 N–H and O–H groups in total. The summed E-state index contributed by atoms with van der Waals surface area (Å²) in [7, 11) is 0. The molecule has 0 aliphatic rings. The number of benzene rings is 2. The Balaban J connectivity index is 1.81. The summed E-state index contributed by atoms with van der Waals surface area (Å²) in [6.07, 6.45) is 0.0333. The Morgan fingerprint density at radius 2 is 2.00 bits per heavy atom. The quantitative estimate of drug-likeness (QED) is 0.833. The minimum Gasteiger partial charge on any atom is -0.490 e. The van der Waals surface area contributed by atoms with Crippen LogP contribution in [-0.2, 0) is 4.79 Å². The molecule has 2 aromatic carbocycles. The van der Waals surface area contributed by atoms with Crippen molar-refractivity contribution in [2.45, 2.75) is 6.42 Å². The third-order valence-corrected chi connectivity index (χ3v) is 2.65. The predicted molar refractivity (Wildman–Crippen MR) is 76.0 cm³/mol. The number of hydrogen-bond donors (Lipinski definition) is 2. The summed E-state index contributed by atoms with van der Waals surface area (Å²) in [4.78, 5) is 11.7. The van der Waals surface area contributed by atoms with Crippen molar-refractivity contribution < 1.29 is 18.3 Å². The third kappa shape index (κ3) is 4.45. The molecule has 0 heterocycles. The van der Waals surface area contributed by atoms with Crippen molar-refractivity contribution >= 4 is 17.3 Å².